The van der Waals surface area contributed by atoms with Gasteiger partial charge in [0.2, 0.25) is 5.75 Å². The summed E-state index contributed by atoms with van der Waals surface area (Å²) in [6.07, 6.45) is 4.20. The highest BCUT2D eigenvalue weighted by Crippen LogP contribution is 2.45. The minimum Gasteiger partial charge on any atom is -0.493 e. The number of aromatic nitrogens is 2. The maximum absolute atomic E-state index is 11.6. The summed E-state index contributed by atoms with van der Waals surface area (Å²) < 4.78 is 18.0. The van der Waals surface area contributed by atoms with Gasteiger partial charge in [0.05, 0.1) is 38.9 Å². The molecule has 0 fully saturated rings. The molecule has 0 saturated carbocycles. The smallest absolute Gasteiger partial charge is 0.204 e. The molecule has 0 aliphatic carbocycles. The van der Waals surface area contributed by atoms with Crippen LogP contribution in [0.3, 0.4) is 0 Å². The van der Waals surface area contributed by atoms with Crippen LogP contribution < -0.4 is 14.2 Å². The van der Waals surface area contributed by atoms with Gasteiger partial charge < -0.3 is 18.8 Å². The number of carbonyl (C=O) groups excluding carboxylic acids is 1. The van der Waals surface area contributed by atoms with Crippen LogP contribution in [0.4, 0.5) is 0 Å². The number of methoxy groups -OCH3 is 3. The minimum atomic E-state index is 0.385. The maximum atomic E-state index is 11.6. The number of nitrogens with zero attached hydrogens (tertiary/aromatic N) is 2. The van der Waals surface area contributed by atoms with E-state index in [1.165, 1.54) is 21.3 Å². The minimum absolute atomic E-state index is 0.385. The summed E-state index contributed by atoms with van der Waals surface area (Å²) in [7, 11) is 4.52. The number of hydrogen-bond donors (Lipinski definition) is 0. The van der Waals surface area contributed by atoms with Gasteiger partial charge in [0, 0.05) is 22.5 Å². The van der Waals surface area contributed by atoms with Crippen molar-refractivity contribution in [3.8, 4) is 34.2 Å². The quantitative estimate of drug-likeness (QED) is 0.611. The first-order chi connectivity index (χ1) is 12.6. The van der Waals surface area contributed by atoms with Crippen LogP contribution in [0.5, 0.6) is 17.2 Å². The summed E-state index contributed by atoms with van der Waals surface area (Å²) >= 11 is 5.94. The third-order valence-electron chi connectivity index (χ3n) is 3.95. The molecule has 3 aromatic rings. The zero-order valence-electron chi connectivity index (χ0n) is 14.5. The van der Waals surface area contributed by atoms with Gasteiger partial charge >= 0.3 is 0 Å². The zero-order valence-corrected chi connectivity index (χ0v) is 15.3. The van der Waals surface area contributed by atoms with Gasteiger partial charge in [0.25, 0.3) is 0 Å². The highest BCUT2D eigenvalue weighted by Gasteiger charge is 2.23. The lowest BCUT2D eigenvalue weighted by atomic mass is 10.0. The van der Waals surface area contributed by atoms with Gasteiger partial charge in [-0.3, -0.25) is 4.79 Å². The van der Waals surface area contributed by atoms with Crippen LogP contribution in [0.25, 0.3) is 16.9 Å². The molecule has 0 bridgehead atoms. The van der Waals surface area contributed by atoms with Gasteiger partial charge in [-0.15, -0.1) is 0 Å². The van der Waals surface area contributed by atoms with Gasteiger partial charge in [-0.25, -0.2) is 4.98 Å². The molecule has 0 saturated heterocycles. The van der Waals surface area contributed by atoms with E-state index < -0.39 is 0 Å². The van der Waals surface area contributed by atoms with E-state index >= 15 is 0 Å². The average Bonchev–Trinajstić information content (AvgIpc) is 3.16. The fourth-order valence-corrected chi connectivity index (χ4v) is 2.86. The third kappa shape index (κ3) is 3.11. The van der Waals surface area contributed by atoms with Crippen molar-refractivity contribution in [3.63, 3.8) is 0 Å². The lowest BCUT2D eigenvalue weighted by Gasteiger charge is -2.16. The molecule has 0 spiro atoms. The van der Waals surface area contributed by atoms with Crippen molar-refractivity contribution >= 4 is 17.9 Å². The van der Waals surface area contributed by atoms with Crippen LogP contribution in [0.1, 0.15) is 10.4 Å². The van der Waals surface area contributed by atoms with Gasteiger partial charge in [0.15, 0.2) is 17.8 Å². The first-order valence-electron chi connectivity index (χ1n) is 7.71. The van der Waals surface area contributed by atoms with Crippen molar-refractivity contribution in [1.29, 1.82) is 0 Å². The normalized spacial score (nSPS) is 10.5. The van der Waals surface area contributed by atoms with Gasteiger partial charge in [-0.2, -0.15) is 0 Å². The summed E-state index contributed by atoms with van der Waals surface area (Å²) in [5.41, 5.74) is 2.38. The Morgan fingerprint density at radius 3 is 2.31 bits per heavy atom. The highest BCUT2D eigenvalue weighted by atomic mass is 35.5. The molecule has 0 aliphatic rings. The Morgan fingerprint density at radius 1 is 1.04 bits per heavy atom. The second-order valence-corrected chi connectivity index (χ2v) is 5.81. The summed E-state index contributed by atoms with van der Waals surface area (Å²) in [6, 6.07) is 8.94. The van der Waals surface area contributed by atoms with E-state index in [1.807, 2.05) is 16.7 Å². The second kappa shape index (κ2) is 7.49. The topological polar surface area (TPSA) is 62.6 Å². The number of hydrogen-bond acceptors (Lipinski definition) is 5. The first kappa shape index (κ1) is 17.8. The molecule has 3 rings (SSSR count). The Bertz CT molecular complexity index is 935. The van der Waals surface area contributed by atoms with E-state index in [2.05, 4.69) is 4.98 Å². The predicted molar refractivity (Wildman–Crippen MR) is 99.1 cm³/mol. The Hall–Kier alpha value is -2.99. The molecule has 1 heterocycles. The third-order valence-corrected chi connectivity index (χ3v) is 4.20. The van der Waals surface area contributed by atoms with Crippen molar-refractivity contribution in [1.82, 2.24) is 9.55 Å². The molecule has 0 unspecified atom stereocenters. The average molecular weight is 373 g/mol. The van der Waals surface area contributed by atoms with Gasteiger partial charge in [-0.05, 0) is 30.3 Å². The second-order valence-electron chi connectivity index (χ2n) is 5.37. The van der Waals surface area contributed by atoms with Crippen LogP contribution in [-0.4, -0.2) is 37.2 Å². The van der Waals surface area contributed by atoms with Crippen molar-refractivity contribution in [2.24, 2.45) is 0 Å². The Balaban J connectivity index is 2.17. The molecule has 1 aromatic heterocycles. The molecule has 2 aromatic carbocycles. The van der Waals surface area contributed by atoms with Crippen molar-refractivity contribution in [2.75, 3.05) is 21.3 Å². The van der Waals surface area contributed by atoms with E-state index in [4.69, 9.17) is 25.8 Å². The molecule has 0 atom stereocenters. The van der Waals surface area contributed by atoms with Crippen LogP contribution >= 0.6 is 11.6 Å². The van der Waals surface area contributed by atoms with Crippen molar-refractivity contribution in [3.05, 3.63) is 53.4 Å². The zero-order chi connectivity index (χ0) is 18.7. The Labute approximate surface area is 155 Å². The van der Waals surface area contributed by atoms with Crippen molar-refractivity contribution < 1.29 is 19.0 Å². The largest absolute Gasteiger partial charge is 0.493 e. The SMILES string of the molecule is COc1cc(C=O)c(-c2cn(-c3ccc(Cl)cc3)cn2)c(OC)c1OC. The number of carbonyl (C=O) groups is 1. The summed E-state index contributed by atoms with van der Waals surface area (Å²) in [5.74, 6) is 1.19. The lowest BCUT2D eigenvalue weighted by molar-refractivity contribution is 0.112. The molecular weight excluding hydrogens is 356 g/mol. The molecule has 0 amide bonds. The molecule has 0 N–H and O–H groups in total. The standard InChI is InChI=1S/C19H17ClN2O4/c1-24-16-8-12(10-23)17(19(26-3)18(16)25-2)15-9-22(11-21-15)14-6-4-13(20)5-7-14/h4-11H,1-3H3. The van der Waals surface area contributed by atoms with Gasteiger partial charge in [-0.1, -0.05) is 11.6 Å². The van der Waals surface area contributed by atoms with Gasteiger partial charge in [0.1, 0.15) is 0 Å². The monoisotopic (exact) mass is 372 g/mol. The summed E-state index contributed by atoms with van der Waals surface area (Å²) in [5, 5.41) is 0.652. The van der Waals surface area contributed by atoms with E-state index in [0.29, 0.717) is 39.1 Å². The summed E-state index contributed by atoms with van der Waals surface area (Å²) in [6.45, 7) is 0. The summed E-state index contributed by atoms with van der Waals surface area (Å²) in [4.78, 5) is 16.1. The Kier molecular flexibility index (Phi) is 5.14. The number of ether oxygens (including phenoxy) is 3. The highest BCUT2D eigenvalue weighted by molar-refractivity contribution is 6.30. The molecule has 7 heteroatoms. The molecular formula is C19H17ClN2O4. The molecule has 0 aliphatic heterocycles. The molecule has 0 radical (unpaired) electrons. The van der Waals surface area contributed by atoms with Crippen LogP contribution in [-0.2, 0) is 0 Å². The molecule has 6 nitrogen and oxygen atoms in total. The van der Waals surface area contributed by atoms with E-state index in [-0.39, 0.29) is 0 Å². The lowest BCUT2D eigenvalue weighted by Crippen LogP contribution is -2.00. The Morgan fingerprint density at radius 2 is 1.73 bits per heavy atom. The number of imidazole rings is 1. The number of halogens is 1. The van der Waals surface area contributed by atoms with E-state index in [1.54, 1.807) is 30.7 Å². The maximum Gasteiger partial charge on any atom is 0.204 e. The number of aldehydes is 1. The van der Waals surface area contributed by atoms with Crippen molar-refractivity contribution in [2.45, 2.75) is 0 Å². The molecule has 26 heavy (non-hydrogen) atoms. The van der Waals surface area contributed by atoms with Crippen LogP contribution in [0.15, 0.2) is 42.9 Å². The fraction of sp³-hybridized carbons (Fsp3) is 0.158. The number of rotatable bonds is 6. The fourth-order valence-electron chi connectivity index (χ4n) is 2.74. The van der Waals surface area contributed by atoms with Crippen LogP contribution in [0.2, 0.25) is 5.02 Å². The molecule has 134 valence electrons. The number of benzene rings is 2. The van der Waals surface area contributed by atoms with Crippen LogP contribution in [0, 0.1) is 0 Å². The predicted octanol–water partition coefficient (Wildman–Crippen LogP) is 4.03. The first-order valence-corrected chi connectivity index (χ1v) is 8.09. The van der Waals surface area contributed by atoms with E-state index in [0.717, 1.165) is 12.0 Å². The van der Waals surface area contributed by atoms with E-state index in [9.17, 15) is 4.79 Å².